The Morgan fingerprint density at radius 3 is 2.66 bits per heavy atom. The number of fused-ring (bicyclic) bond motifs is 1. The molecule has 2 aliphatic rings. The van der Waals surface area contributed by atoms with Crippen LogP contribution in [0.5, 0.6) is 5.75 Å². The van der Waals surface area contributed by atoms with E-state index in [0.29, 0.717) is 30.5 Å². The van der Waals surface area contributed by atoms with Crippen LogP contribution in [0.1, 0.15) is 44.9 Å². The standard InChI is InChI=1S/C26H31N6O8P/c1-16(2)38-24(35)25(11-6-12-25)31-41(36,40-17-7-4-3-5-8-17)37-14-26(13-27)22(34)20(33)21(39-26)18-9-10-19-23(28)29-15-30-32(18)19/h3-5,7-10,15-16,20-22,33-34H,6,11-12,14H2,1-2H3,(H,31,36)(H2,28,29,30)/t20-,21?,22-,26+,41?/m0/s1. The number of nitrogens with one attached hydrogen (secondary N) is 1. The van der Waals surface area contributed by atoms with Crippen molar-refractivity contribution >= 4 is 25.1 Å². The molecule has 3 aromatic rings. The number of rotatable bonds is 10. The third-order valence-corrected chi connectivity index (χ3v) is 8.77. The van der Waals surface area contributed by atoms with E-state index < -0.39 is 55.9 Å². The highest BCUT2D eigenvalue weighted by atomic mass is 31.2. The molecule has 0 radical (unpaired) electrons. The van der Waals surface area contributed by atoms with Gasteiger partial charge in [-0.1, -0.05) is 18.2 Å². The molecular formula is C26H31N6O8P. The van der Waals surface area contributed by atoms with Crippen molar-refractivity contribution in [2.45, 2.75) is 68.7 Å². The van der Waals surface area contributed by atoms with Gasteiger partial charge in [0.15, 0.2) is 5.82 Å². The second kappa shape index (κ2) is 11.0. The lowest BCUT2D eigenvalue weighted by atomic mass is 9.78. The van der Waals surface area contributed by atoms with Gasteiger partial charge < -0.3 is 29.9 Å². The zero-order valence-electron chi connectivity index (χ0n) is 22.4. The second-order valence-corrected chi connectivity index (χ2v) is 12.0. The summed E-state index contributed by atoms with van der Waals surface area (Å²) < 4.78 is 38.4. The Kier molecular flexibility index (Phi) is 7.78. The van der Waals surface area contributed by atoms with Crippen molar-refractivity contribution in [1.29, 1.82) is 5.26 Å². The number of nitrogen functional groups attached to an aromatic ring is 1. The summed E-state index contributed by atoms with van der Waals surface area (Å²) in [5.74, 6) is -0.257. The molecule has 0 amide bonds. The SMILES string of the molecule is CC(C)OC(=O)C1(NP(=O)(OC[C@@]2(C#N)OC(c3ccc4c(N)ncnn34)[C@H](O)[C@@H]2O)Oc2ccccc2)CCC1. The van der Waals surface area contributed by atoms with Crippen molar-refractivity contribution in [3.05, 3.63) is 54.5 Å². The highest BCUT2D eigenvalue weighted by Crippen LogP contribution is 2.52. The highest BCUT2D eigenvalue weighted by Gasteiger charge is 2.58. The van der Waals surface area contributed by atoms with Gasteiger partial charge in [-0.15, -0.1) is 0 Å². The molecule has 0 spiro atoms. The molecule has 1 saturated carbocycles. The Labute approximate surface area is 235 Å². The minimum Gasteiger partial charge on any atom is -0.462 e. The summed E-state index contributed by atoms with van der Waals surface area (Å²) in [6, 6.07) is 13.2. The third kappa shape index (κ3) is 5.40. The van der Waals surface area contributed by atoms with Gasteiger partial charge in [-0.2, -0.15) is 15.4 Å². The van der Waals surface area contributed by atoms with Gasteiger partial charge in [-0.25, -0.2) is 14.1 Å². The fraction of sp³-hybridized carbons (Fsp3) is 0.462. The van der Waals surface area contributed by atoms with Crippen molar-refractivity contribution in [3.63, 3.8) is 0 Å². The van der Waals surface area contributed by atoms with E-state index in [1.807, 2.05) is 6.07 Å². The van der Waals surface area contributed by atoms with Gasteiger partial charge in [0.25, 0.3) is 0 Å². The van der Waals surface area contributed by atoms with Gasteiger partial charge >= 0.3 is 13.7 Å². The lowest BCUT2D eigenvalue weighted by Gasteiger charge is -2.41. The van der Waals surface area contributed by atoms with E-state index in [4.69, 9.17) is 24.3 Å². The molecule has 3 heterocycles. The number of aliphatic hydroxyl groups excluding tert-OH is 2. The van der Waals surface area contributed by atoms with Crippen molar-refractivity contribution in [3.8, 4) is 11.8 Å². The molecular weight excluding hydrogens is 555 g/mol. The molecule has 2 fully saturated rings. The summed E-state index contributed by atoms with van der Waals surface area (Å²) in [7, 11) is -4.42. The van der Waals surface area contributed by atoms with Crippen LogP contribution >= 0.6 is 7.75 Å². The number of ether oxygens (including phenoxy) is 2. The van der Waals surface area contributed by atoms with Gasteiger partial charge in [0.1, 0.15) is 54.1 Å². The maximum absolute atomic E-state index is 14.2. The lowest BCUT2D eigenvalue weighted by molar-refractivity contribution is -0.158. The lowest BCUT2D eigenvalue weighted by Crippen LogP contribution is -2.57. The van der Waals surface area contributed by atoms with Gasteiger partial charge in [-0.05, 0) is 57.4 Å². The first-order valence-corrected chi connectivity index (χ1v) is 14.6. The van der Waals surface area contributed by atoms with E-state index in [-0.39, 0.29) is 11.6 Å². The van der Waals surface area contributed by atoms with E-state index in [2.05, 4.69) is 15.2 Å². The summed E-state index contributed by atoms with van der Waals surface area (Å²) >= 11 is 0. The van der Waals surface area contributed by atoms with Crippen LogP contribution in [-0.4, -0.2) is 66.8 Å². The maximum atomic E-state index is 14.2. The molecule has 14 nitrogen and oxygen atoms in total. The van der Waals surface area contributed by atoms with Gasteiger partial charge in [-0.3, -0.25) is 9.32 Å². The molecule has 15 heteroatoms. The summed E-state index contributed by atoms with van der Waals surface area (Å²) in [6.07, 6.45) is -2.49. The van der Waals surface area contributed by atoms with Crippen molar-refractivity contribution < 1.29 is 38.1 Å². The van der Waals surface area contributed by atoms with Crippen LogP contribution in [0.25, 0.3) is 5.52 Å². The van der Waals surface area contributed by atoms with Gasteiger partial charge in [0, 0.05) is 0 Å². The number of nitrogens with zero attached hydrogens (tertiary/aromatic N) is 4. The molecule has 218 valence electrons. The molecule has 5 N–H and O–H groups in total. The monoisotopic (exact) mass is 586 g/mol. The van der Waals surface area contributed by atoms with Crippen molar-refractivity contribution in [2.24, 2.45) is 0 Å². The Hall–Kier alpha value is -3.57. The number of benzene rings is 1. The van der Waals surface area contributed by atoms with Crippen LogP contribution in [0.3, 0.4) is 0 Å². The van der Waals surface area contributed by atoms with Crippen molar-refractivity contribution in [2.75, 3.05) is 12.3 Å². The average Bonchev–Trinajstić information content (AvgIpc) is 3.46. The minimum atomic E-state index is -4.42. The number of hydrogen-bond donors (Lipinski definition) is 4. The van der Waals surface area contributed by atoms with E-state index >= 15 is 0 Å². The molecule has 1 aromatic carbocycles. The van der Waals surface area contributed by atoms with Crippen LogP contribution in [0.15, 0.2) is 48.8 Å². The Morgan fingerprint density at radius 2 is 2.02 bits per heavy atom. The van der Waals surface area contributed by atoms with E-state index in [1.54, 1.807) is 56.3 Å². The molecule has 5 rings (SSSR count). The van der Waals surface area contributed by atoms with E-state index in [9.17, 15) is 24.8 Å². The average molecular weight is 587 g/mol. The third-order valence-electron chi connectivity index (χ3n) is 7.15. The number of anilines is 1. The van der Waals surface area contributed by atoms with Crippen LogP contribution < -0.4 is 15.3 Å². The summed E-state index contributed by atoms with van der Waals surface area (Å²) in [5, 5.41) is 38.9. The first-order chi connectivity index (χ1) is 19.5. The predicted octanol–water partition coefficient (Wildman–Crippen LogP) is 2.03. The number of esters is 1. The molecule has 1 saturated heterocycles. The topological polar surface area (TPSA) is 204 Å². The number of carbonyl (C=O) groups is 1. The number of para-hydroxylation sites is 1. The maximum Gasteiger partial charge on any atom is 0.459 e. The Morgan fingerprint density at radius 1 is 1.29 bits per heavy atom. The highest BCUT2D eigenvalue weighted by molar-refractivity contribution is 7.52. The summed E-state index contributed by atoms with van der Waals surface area (Å²) in [4.78, 5) is 16.9. The van der Waals surface area contributed by atoms with Gasteiger partial charge in [0.05, 0.1) is 11.8 Å². The number of aromatic nitrogens is 3. The quantitative estimate of drug-likeness (QED) is 0.199. The second-order valence-electron chi connectivity index (χ2n) is 10.4. The smallest absolute Gasteiger partial charge is 0.459 e. The van der Waals surface area contributed by atoms with Crippen LogP contribution in [-0.2, 0) is 23.4 Å². The number of aliphatic hydroxyl groups is 2. The summed E-state index contributed by atoms with van der Waals surface area (Å²) in [6.45, 7) is 2.62. The number of nitrogens with two attached hydrogens (primary N) is 1. The minimum absolute atomic E-state index is 0.170. The largest absolute Gasteiger partial charge is 0.462 e. The predicted molar refractivity (Wildman–Crippen MR) is 143 cm³/mol. The van der Waals surface area contributed by atoms with Crippen LogP contribution in [0.4, 0.5) is 5.82 Å². The molecule has 41 heavy (non-hydrogen) atoms. The number of nitriles is 1. The molecule has 5 atom stereocenters. The zero-order valence-corrected chi connectivity index (χ0v) is 23.3. The number of carbonyl (C=O) groups excluding carboxylic acids is 1. The fourth-order valence-corrected chi connectivity index (χ4v) is 6.60. The van der Waals surface area contributed by atoms with E-state index in [0.717, 1.165) is 0 Å². The van der Waals surface area contributed by atoms with E-state index in [1.165, 1.54) is 10.8 Å². The van der Waals surface area contributed by atoms with Crippen LogP contribution in [0.2, 0.25) is 0 Å². The first kappa shape index (κ1) is 28.9. The molecule has 1 aliphatic carbocycles. The zero-order chi connectivity index (χ0) is 29.4. The molecule has 1 aliphatic heterocycles. The molecule has 2 aromatic heterocycles. The first-order valence-electron chi connectivity index (χ1n) is 13.0. The fourth-order valence-electron chi connectivity index (χ4n) is 4.84. The number of hydrogen-bond acceptors (Lipinski definition) is 12. The summed E-state index contributed by atoms with van der Waals surface area (Å²) in [5.41, 5.74) is 3.12. The van der Waals surface area contributed by atoms with Crippen LogP contribution in [0, 0.1) is 11.3 Å². The van der Waals surface area contributed by atoms with Crippen molar-refractivity contribution in [1.82, 2.24) is 19.7 Å². The Bertz CT molecular complexity index is 1510. The van der Waals surface area contributed by atoms with Gasteiger partial charge in [0.2, 0.25) is 5.60 Å². The normalized spacial score (nSPS) is 26.7. The molecule has 2 unspecified atom stereocenters. The Balaban J connectivity index is 1.42. The molecule has 0 bridgehead atoms.